The second-order valence-corrected chi connectivity index (χ2v) is 5.25. The molecule has 0 atom stereocenters. The summed E-state index contributed by atoms with van der Waals surface area (Å²) in [4.78, 5) is 34.9. The molecule has 0 amide bonds. The standard InChI is InChI=1S/C10H13BrN2O4S/c1-17-8(14)6-12-5-7(11)9(15)13(10(12)16)3-4-18-2/h5H,3-4,6H2,1-2H3. The summed E-state index contributed by atoms with van der Waals surface area (Å²) in [6.45, 7) is 0.0902. The molecule has 0 aliphatic carbocycles. The first-order chi connectivity index (χ1) is 8.51. The first-order valence-corrected chi connectivity index (χ1v) is 7.25. The van der Waals surface area contributed by atoms with Crippen molar-refractivity contribution in [2.75, 3.05) is 19.1 Å². The van der Waals surface area contributed by atoms with E-state index in [0.717, 1.165) is 9.13 Å². The Hall–Kier alpha value is -1.02. The lowest BCUT2D eigenvalue weighted by atomic mass is 10.5. The Morgan fingerprint density at radius 1 is 1.50 bits per heavy atom. The monoisotopic (exact) mass is 336 g/mol. The molecule has 0 saturated carbocycles. The summed E-state index contributed by atoms with van der Waals surface area (Å²) in [6.07, 6.45) is 3.19. The van der Waals surface area contributed by atoms with Crippen LogP contribution in [0.5, 0.6) is 0 Å². The van der Waals surface area contributed by atoms with Gasteiger partial charge in [-0.3, -0.25) is 18.7 Å². The lowest BCUT2D eigenvalue weighted by Gasteiger charge is -2.09. The number of methoxy groups -OCH3 is 1. The summed E-state index contributed by atoms with van der Waals surface area (Å²) in [5.74, 6) is 0.100. The van der Waals surface area contributed by atoms with E-state index in [9.17, 15) is 14.4 Å². The van der Waals surface area contributed by atoms with Crippen LogP contribution in [0.1, 0.15) is 0 Å². The number of nitrogens with zero attached hydrogens (tertiary/aromatic N) is 2. The van der Waals surface area contributed by atoms with Gasteiger partial charge in [-0.1, -0.05) is 0 Å². The molecule has 1 rings (SSSR count). The van der Waals surface area contributed by atoms with Crippen LogP contribution in [0.25, 0.3) is 0 Å². The fourth-order valence-corrected chi connectivity index (χ4v) is 2.14. The van der Waals surface area contributed by atoms with E-state index in [1.807, 2.05) is 6.26 Å². The Morgan fingerprint density at radius 3 is 2.72 bits per heavy atom. The van der Waals surface area contributed by atoms with Gasteiger partial charge in [0.1, 0.15) is 6.54 Å². The highest BCUT2D eigenvalue weighted by Gasteiger charge is 2.12. The van der Waals surface area contributed by atoms with E-state index < -0.39 is 17.2 Å². The number of thioether (sulfide) groups is 1. The molecule has 0 N–H and O–H groups in total. The van der Waals surface area contributed by atoms with Crippen molar-refractivity contribution in [2.45, 2.75) is 13.1 Å². The van der Waals surface area contributed by atoms with Crippen LogP contribution in [0.2, 0.25) is 0 Å². The third kappa shape index (κ3) is 3.49. The Labute approximate surface area is 116 Å². The molecular weight excluding hydrogens is 324 g/mol. The predicted octanol–water partition coefficient (Wildman–Crippen LogP) is 0.308. The number of hydrogen-bond donors (Lipinski definition) is 0. The lowest BCUT2D eigenvalue weighted by molar-refractivity contribution is -0.141. The summed E-state index contributed by atoms with van der Waals surface area (Å²) in [7, 11) is 1.24. The highest BCUT2D eigenvalue weighted by atomic mass is 79.9. The normalized spacial score (nSPS) is 10.4. The Kier molecular flexibility index (Phi) is 5.67. The Bertz CT molecular complexity index is 552. The van der Waals surface area contributed by atoms with E-state index in [4.69, 9.17) is 0 Å². The van der Waals surface area contributed by atoms with Gasteiger partial charge in [0.2, 0.25) is 0 Å². The summed E-state index contributed by atoms with van der Waals surface area (Å²) < 4.78 is 6.99. The fourth-order valence-electron chi connectivity index (χ4n) is 1.31. The molecule has 0 radical (unpaired) electrons. The number of halogens is 1. The van der Waals surface area contributed by atoms with Crippen LogP contribution in [0, 0.1) is 0 Å². The van der Waals surface area contributed by atoms with Crippen molar-refractivity contribution in [2.24, 2.45) is 0 Å². The summed E-state index contributed by atoms with van der Waals surface area (Å²) in [5.41, 5.74) is -0.905. The number of carbonyl (C=O) groups excluding carboxylic acids is 1. The van der Waals surface area contributed by atoms with E-state index in [1.54, 1.807) is 0 Å². The topological polar surface area (TPSA) is 70.3 Å². The second-order valence-electron chi connectivity index (χ2n) is 3.41. The zero-order valence-electron chi connectivity index (χ0n) is 10.0. The molecule has 8 heteroatoms. The maximum atomic E-state index is 12.0. The number of aromatic nitrogens is 2. The fraction of sp³-hybridized carbons (Fsp3) is 0.500. The minimum absolute atomic E-state index is 0.215. The molecule has 0 unspecified atom stereocenters. The van der Waals surface area contributed by atoms with Gasteiger partial charge in [0, 0.05) is 18.5 Å². The molecule has 18 heavy (non-hydrogen) atoms. The molecule has 1 aromatic heterocycles. The van der Waals surface area contributed by atoms with Crippen molar-refractivity contribution in [1.29, 1.82) is 0 Å². The van der Waals surface area contributed by atoms with Crippen LogP contribution in [0.3, 0.4) is 0 Å². The van der Waals surface area contributed by atoms with Gasteiger partial charge in [0.15, 0.2) is 0 Å². The number of esters is 1. The van der Waals surface area contributed by atoms with Crippen molar-refractivity contribution >= 4 is 33.7 Å². The lowest BCUT2D eigenvalue weighted by Crippen LogP contribution is -2.41. The van der Waals surface area contributed by atoms with Gasteiger partial charge in [0.05, 0.1) is 11.6 Å². The second kappa shape index (κ2) is 6.79. The van der Waals surface area contributed by atoms with Crippen molar-refractivity contribution in [1.82, 2.24) is 9.13 Å². The van der Waals surface area contributed by atoms with Crippen molar-refractivity contribution < 1.29 is 9.53 Å². The SMILES string of the molecule is COC(=O)Cn1cc(Br)c(=O)n(CCSC)c1=O. The first kappa shape index (κ1) is 15.0. The average Bonchev–Trinajstić information content (AvgIpc) is 2.35. The van der Waals surface area contributed by atoms with E-state index in [0.29, 0.717) is 12.3 Å². The maximum Gasteiger partial charge on any atom is 0.331 e. The number of carbonyl (C=O) groups is 1. The van der Waals surface area contributed by atoms with Gasteiger partial charge in [-0.2, -0.15) is 11.8 Å². The smallest absolute Gasteiger partial charge is 0.331 e. The van der Waals surface area contributed by atoms with Gasteiger partial charge < -0.3 is 4.74 Å². The first-order valence-electron chi connectivity index (χ1n) is 5.06. The third-order valence-corrected chi connectivity index (χ3v) is 3.38. The molecule has 0 aliphatic heterocycles. The Morgan fingerprint density at radius 2 is 2.17 bits per heavy atom. The number of rotatable bonds is 5. The van der Waals surface area contributed by atoms with Crippen molar-refractivity contribution in [3.8, 4) is 0 Å². The van der Waals surface area contributed by atoms with Gasteiger partial charge in [0.25, 0.3) is 5.56 Å². The average molecular weight is 337 g/mol. The van der Waals surface area contributed by atoms with Crippen LogP contribution in [0.15, 0.2) is 20.3 Å². The Balaban J connectivity index is 3.22. The quantitative estimate of drug-likeness (QED) is 0.723. The predicted molar refractivity (Wildman–Crippen MR) is 73.1 cm³/mol. The van der Waals surface area contributed by atoms with Crippen LogP contribution in [0.4, 0.5) is 0 Å². The number of ether oxygens (including phenoxy) is 1. The van der Waals surface area contributed by atoms with Crippen LogP contribution >= 0.6 is 27.7 Å². The van der Waals surface area contributed by atoms with E-state index in [1.165, 1.54) is 25.1 Å². The van der Waals surface area contributed by atoms with E-state index >= 15 is 0 Å². The molecule has 0 bridgehead atoms. The van der Waals surface area contributed by atoms with Gasteiger partial charge in [-0.05, 0) is 22.2 Å². The molecule has 1 aromatic rings. The van der Waals surface area contributed by atoms with E-state index in [2.05, 4.69) is 20.7 Å². The largest absolute Gasteiger partial charge is 0.468 e. The molecule has 1 heterocycles. The van der Waals surface area contributed by atoms with Crippen LogP contribution in [-0.4, -0.2) is 34.2 Å². The molecule has 0 aromatic carbocycles. The molecule has 0 aliphatic rings. The summed E-state index contributed by atoms with van der Waals surface area (Å²) in [5, 5.41) is 0. The third-order valence-electron chi connectivity index (χ3n) is 2.24. The van der Waals surface area contributed by atoms with Crippen molar-refractivity contribution in [3.63, 3.8) is 0 Å². The molecule has 0 saturated heterocycles. The van der Waals surface area contributed by atoms with Gasteiger partial charge in [-0.25, -0.2) is 4.79 Å². The summed E-state index contributed by atoms with van der Waals surface area (Å²) in [6, 6.07) is 0. The number of hydrogen-bond acceptors (Lipinski definition) is 5. The highest BCUT2D eigenvalue weighted by Crippen LogP contribution is 2.00. The minimum atomic E-state index is -0.543. The van der Waals surface area contributed by atoms with Crippen LogP contribution in [-0.2, 0) is 22.6 Å². The zero-order chi connectivity index (χ0) is 13.7. The highest BCUT2D eigenvalue weighted by molar-refractivity contribution is 9.10. The minimum Gasteiger partial charge on any atom is -0.468 e. The molecule has 6 nitrogen and oxygen atoms in total. The van der Waals surface area contributed by atoms with Gasteiger partial charge >= 0.3 is 11.7 Å². The molecule has 0 spiro atoms. The maximum absolute atomic E-state index is 12.0. The zero-order valence-corrected chi connectivity index (χ0v) is 12.4. The molecule has 100 valence electrons. The molecule has 0 fully saturated rings. The molecular formula is C10H13BrN2O4S. The van der Waals surface area contributed by atoms with E-state index in [-0.39, 0.29) is 11.0 Å². The van der Waals surface area contributed by atoms with Crippen LogP contribution < -0.4 is 11.2 Å². The van der Waals surface area contributed by atoms with Gasteiger partial charge in [-0.15, -0.1) is 0 Å². The van der Waals surface area contributed by atoms with Crippen molar-refractivity contribution in [3.05, 3.63) is 31.5 Å². The summed E-state index contributed by atoms with van der Waals surface area (Å²) >= 11 is 4.61.